The van der Waals surface area contributed by atoms with Gasteiger partial charge in [0.2, 0.25) is 5.95 Å². The zero-order valence-electron chi connectivity index (χ0n) is 21.6. The van der Waals surface area contributed by atoms with Crippen LogP contribution in [0.5, 0.6) is 5.75 Å². The molecule has 0 saturated carbocycles. The lowest BCUT2D eigenvalue weighted by atomic mass is 10.0. The van der Waals surface area contributed by atoms with Gasteiger partial charge in [0.15, 0.2) is 0 Å². The lowest BCUT2D eigenvalue weighted by molar-refractivity contribution is 0.0496. The molecule has 2 aliphatic heterocycles. The van der Waals surface area contributed by atoms with Gasteiger partial charge in [-0.25, -0.2) is 9.97 Å². The molecule has 2 aliphatic rings. The second-order valence-corrected chi connectivity index (χ2v) is 10.5. The lowest BCUT2D eigenvalue weighted by Gasteiger charge is -2.25. The minimum Gasteiger partial charge on any atom is -0.497 e. The highest BCUT2D eigenvalue weighted by molar-refractivity contribution is 9.10. The third-order valence-corrected chi connectivity index (χ3v) is 7.61. The van der Waals surface area contributed by atoms with Crippen LogP contribution in [0.2, 0.25) is 0 Å². The van der Waals surface area contributed by atoms with Crippen molar-refractivity contribution in [2.24, 2.45) is 0 Å². The Labute approximate surface area is 235 Å². The average Bonchev–Trinajstić information content (AvgIpc) is 3.27. The van der Waals surface area contributed by atoms with Gasteiger partial charge in [-0.3, -0.25) is 10.1 Å². The highest BCUT2D eigenvalue weighted by atomic mass is 79.9. The number of carbonyl (C=O) groups excluding carboxylic acids is 1. The van der Waals surface area contributed by atoms with Crippen molar-refractivity contribution in [3.63, 3.8) is 0 Å². The number of aliphatic hydroxyl groups is 2. The summed E-state index contributed by atoms with van der Waals surface area (Å²) in [6, 6.07) is 12.7. The maximum atomic E-state index is 13.3. The highest BCUT2D eigenvalue weighted by Crippen LogP contribution is 2.32. The van der Waals surface area contributed by atoms with E-state index in [1.54, 1.807) is 24.3 Å². The third-order valence-electron chi connectivity index (χ3n) is 7.03. The van der Waals surface area contributed by atoms with Gasteiger partial charge in [0.25, 0.3) is 5.91 Å². The van der Waals surface area contributed by atoms with Gasteiger partial charge in [-0.15, -0.1) is 0 Å². The largest absolute Gasteiger partial charge is 0.497 e. The van der Waals surface area contributed by atoms with Crippen LogP contribution in [0.1, 0.15) is 40.4 Å². The minimum atomic E-state index is -1.04. The number of aliphatic hydroxyl groups excluding tert-OH is 2. The van der Waals surface area contributed by atoms with Crippen LogP contribution in [0.25, 0.3) is 11.3 Å². The van der Waals surface area contributed by atoms with Crippen LogP contribution in [0.4, 0.5) is 5.95 Å². The van der Waals surface area contributed by atoms with Gasteiger partial charge in [-0.2, -0.15) is 0 Å². The predicted molar refractivity (Wildman–Crippen MR) is 149 cm³/mol. The fraction of sp³-hybridized carbons (Fsp3) is 0.393. The molecular weight excluding hydrogens is 566 g/mol. The van der Waals surface area contributed by atoms with Crippen molar-refractivity contribution in [1.29, 1.82) is 0 Å². The first kappa shape index (κ1) is 27.5. The van der Waals surface area contributed by atoms with Gasteiger partial charge < -0.3 is 29.9 Å². The number of halogens is 1. The molecule has 1 saturated heterocycles. The molecule has 3 heterocycles. The van der Waals surface area contributed by atoms with E-state index in [2.05, 4.69) is 31.5 Å². The first-order valence-electron chi connectivity index (χ1n) is 12.9. The first-order chi connectivity index (χ1) is 18.9. The Morgan fingerprint density at radius 1 is 1.23 bits per heavy atom. The minimum absolute atomic E-state index is 0.0691. The smallest absolute Gasteiger partial charge is 0.254 e. The summed E-state index contributed by atoms with van der Waals surface area (Å²) < 4.78 is 11.4. The Balaban J connectivity index is 1.26. The number of hydrogen-bond acceptors (Lipinski definition) is 9. The van der Waals surface area contributed by atoms with Crippen LogP contribution in [0.15, 0.2) is 53.1 Å². The fourth-order valence-electron chi connectivity index (χ4n) is 4.93. The zero-order valence-corrected chi connectivity index (χ0v) is 23.2. The van der Waals surface area contributed by atoms with Gasteiger partial charge >= 0.3 is 0 Å². The van der Waals surface area contributed by atoms with Crippen LogP contribution in [0.3, 0.4) is 0 Å². The summed E-state index contributed by atoms with van der Waals surface area (Å²) in [5.74, 6) is 1.03. The number of anilines is 1. The summed E-state index contributed by atoms with van der Waals surface area (Å²) in [6.07, 6.45) is 2.47. The number of β-amino-alcohol motifs (C(OH)–C–C–N with tert-alkyl or cyclic N) is 1. The maximum absolute atomic E-state index is 13.3. The molecule has 0 bridgehead atoms. The molecule has 10 nitrogen and oxygen atoms in total. The van der Waals surface area contributed by atoms with Gasteiger partial charge in [0.05, 0.1) is 36.5 Å². The Kier molecular flexibility index (Phi) is 8.73. The number of carbonyl (C=O) groups is 1. The molecule has 206 valence electrons. The topological polar surface area (TPSA) is 129 Å². The van der Waals surface area contributed by atoms with Crippen molar-refractivity contribution >= 4 is 27.8 Å². The van der Waals surface area contributed by atoms with E-state index in [0.717, 1.165) is 47.2 Å². The molecule has 1 amide bonds. The second-order valence-electron chi connectivity index (χ2n) is 9.67. The normalized spacial score (nSPS) is 17.1. The number of ether oxygens (including phenoxy) is 2. The Bertz CT molecular complexity index is 1320. The monoisotopic (exact) mass is 597 g/mol. The van der Waals surface area contributed by atoms with E-state index in [-0.39, 0.29) is 25.1 Å². The molecule has 2 aromatic carbocycles. The van der Waals surface area contributed by atoms with Crippen LogP contribution >= 0.6 is 15.9 Å². The van der Waals surface area contributed by atoms with E-state index in [4.69, 9.17) is 14.5 Å². The van der Waals surface area contributed by atoms with Crippen molar-refractivity contribution in [2.75, 3.05) is 38.8 Å². The van der Waals surface area contributed by atoms with E-state index < -0.39 is 12.3 Å². The molecule has 2 atom stereocenters. The summed E-state index contributed by atoms with van der Waals surface area (Å²) in [6.45, 7) is 1.67. The number of methoxy groups -OCH3 is 1. The first-order valence-corrected chi connectivity index (χ1v) is 13.7. The standard InChI is InChI=1S/C28H32BrN5O5/c1-38-21-4-2-3-17(11-21)24(16-35)32-25(36)15-34-14-19-6-5-18(12-22(19)27(34)37)26-23(29)13-30-28(33-26)31-20-7-9-39-10-8-20/h2-6,11-13,20,24-25,32,35-36H,7-10,14-16H2,1H3,(H,30,31,33)/t24-,25?/m1/s1. The molecule has 3 aromatic rings. The lowest BCUT2D eigenvalue weighted by Crippen LogP contribution is -2.43. The van der Waals surface area contributed by atoms with E-state index in [1.807, 2.05) is 36.4 Å². The van der Waals surface area contributed by atoms with Gasteiger partial charge in [0, 0.05) is 43.1 Å². The molecule has 4 N–H and O–H groups in total. The van der Waals surface area contributed by atoms with Gasteiger partial charge in [-0.05, 0) is 58.1 Å². The zero-order chi connectivity index (χ0) is 27.4. The summed E-state index contributed by atoms with van der Waals surface area (Å²) >= 11 is 3.55. The van der Waals surface area contributed by atoms with E-state index in [0.29, 0.717) is 29.5 Å². The Hall–Kier alpha value is -3.09. The van der Waals surface area contributed by atoms with Crippen LogP contribution in [-0.2, 0) is 11.3 Å². The molecule has 0 radical (unpaired) electrons. The van der Waals surface area contributed by atoms with E-state index >= 15 is 0 Å². The van der Waals surface area contributed by atoms with Crippen molar-refractivity contribution < 1.29 is 24.5 Å². The Morgan fingerprint density at radius 2 is 2.05 bits per heavy atom. The van der Waals surface area contributed by atoms with Crippen LogP contribution in [-0.4, -0.2) is 76.7 Å². The highest BCUT2D eigenvalue weighted by Gasteiger charge is 2.30. The third kappa shape index (κ3) is 6.39. The second kappa shape index (κ2) is 12.4. The average molecular weight is 598 g/mol. The summed E-state index contributed by atoms with van der Waals surface area (Å²) in [5.41, 5.74) is 3.73. The number of rotatable bonds is 10. The summed E-state index contributed by atoms with van der Waals surface area (Å²) in [5, 5.41) is 27.0. The molecule has 11 heteroatoms. The maximum Gasteiger partial charge on any atom is 0.254 e. The molecule has 1 unspecified atom stereocenters. The quantitative estimate of drug-likeness (QED) is 0.260. The molecule has 1 aromatic heterocycles. The van der Waals surface area contributed by atoms with E-state index in [1.165, 1.54) is 0 Å². The van der Waals surface area contributed by atoms with Gasteiger partial charge in [0.1, 0.15) is 12.0 Å². The number of amides is 1. The van der Waals surface area contributed by atoms with Crippen molar-refractivity contribution in [2.45, 2.75) is 37.7 Å². The molecule has 5 rings (SSSR count). The Morgan fingerprint density at radius 3 is 2.82 bits per heavy atom. The van der Waals surface area contributed by atoms with E-state index in [9.17, 15) is 15.0 Å². The van der Waals surface area contributed by atoms with Crippen molar-refractivity contribution in [3.05, 3.63) is 69.8 Å². The molecule has 0 aliphatic carbocycles. The van der Waals surface area contributed by atoms with Gasteiger partial charge in [-0.1, -0.05) is 24.3 Å². The summed E-state index contributed by atoms with van der Waals surface area (Å²) in [4.78, 5) is 24.0. The number of fused-ring (bicyclic) bond motifs is 1. The molecule has 0 spiro atoms. The van der Waals surface area contributed by atoms with Crippen molar-refractivity contribution in [1.82, 2.24) is 20.2 Å². The SMILES string of the molecule is COc1cccc([C@@H](CO)NC(O)CN2Cc3ccc(-c4nc(NC5CCOCC5)ncc4Br)cc3C2=O)c1. The number of nitrogens with zero attached hydrogens (tertiary/aromatic N) is 3. The number of hydrogen-bond donors (Lipinski definition) is 4. The molecule has 1 fully saturated rings. The fourth-order valence-corrected chi connectivity index (χ4v) is 5.35. The summed E-state index contributed by atoms with van der Waals surface area (Å²) in [7, 11) is 1.57. The van der Waals surface area contributed by atoms with Crippen LogP contribution in [0, 0.1) is 0 Å². The molecule has 39 heavy (non-hydrogen) atoms. The predicted octanol–water partition coefficient (Wildman–Crippen LogP) is 3.10. The number of nitrogens with one attached hydrogen (secondary N) is 2. The molecular formula is C28H32BrN5O5. The number of benzene rings is 2. The number of aromatic nitrogens is 2. The van der Waals surface area contributed by atoms with Crippen molar-refractivity contribution in [3.8, 4) is 17.0 Å². The van der Waals surface area contributed by atoms with Crippen LogP contribution < -0.4 is 15.4 Å².